The van der Waals surface area contributed by atoms with Gasteiger partial charge in [-0.05, 0) is 12.8 Å². The van der Waals surface area contributed by atoms with E-state index in [9.17, 15) is 15.0 Å². The quantitative estimate of drug-likeness (QED) is 0.398. The van der Waals surface area contributed by atoms with Crippen LogP contribution in [0.2, 0.25) is 0 Å². The van der Waals surface area contributed by atoms with Gasteiger partial charge in [0.25, 0.3) is 0 Å². The van der Waals surface area contributed by atoms with E-state index < -0.39 is 17.9 Å². The summed E-state index contributed by atoms with van der Waals surface area (Å²) in [5.74, 6) is -3.33. The third kappa shape index (κ3) is 1.03. The predicted molar refractivity (Wildman–Crippen MR) is 38.7 cm³/mol. The molecule has 4 heteroatoms. The number of hydrogen-bond acceptors (Lipinski definition) is 4. The van der Waals surface area contributed by atoms with Crippen molar-refractivity contribution in [2.45, 2.75) is 31.7 Å². The number of carbonyl (C=O) groups is 1. The van der Waals surface area contributed by atoms with E-state index >= 15 is 0 Å². The zero-order valence-corrected chi connectivity index (χ0v) is 6.69. The van der Waals surface area contributed by atoms with Gasteiger partial charge in [0.05, 0.1) is 11.8 Å². The van der Waals surface area contributed by atoms with Crippen LogP contribution in [0.5, 0.6) is 0 Å². The van der Waals surface area contributed by atoms with Crippen molar-refractivity contribution in [1.82, 2.24) is 0 Å². The first kappa shape index (κ1) is 8.01. The number of aliphatic hydroxyl groups is 2. The Bertz CT molecular complexity index is 211. The van der Waals surface area contributed by atoms with Gasteiger partial charge in [0, 0.05) is 0 Å². The van der Waals surface area contributed by atoms with Crippen molar-refractivity contribution in [3.8, 4) is 0 Å². The summed E-state index contributed by atoms with van der Waals surface area (Å²) >= 11 is 0. The molecule has 2 fully saturated rings. The lowest BCUT2D eigenvalue weighted by molar-refractivity contribution is -0.326. The summed E-state index contributed by atoms with van der Waals surface area (Å²) in [5.41, 5.74) is 0. The van der Waals surface area contributed by atoms with Crippen molar-refractivity contribution < 1.29 is 19.7 Å². The lowest BCUT2D eigenvalue weighted by Gasteiger charge is -2.26. The highest BCUT2D eigenvalue weighted by atomic mass is 16.8. The van der Waals surface area contributed by atoms with E-state index in [1.54, 1.807) is 0 Å². The second kappa shape index (κ2) is 2.44. The summed E-state index contributed by atoms with van der Waals surface area (Å²) in [6.07, 6.45) is 3.32. The predicted octanol–water partition coefficient (Wildman–Crippen LogP) is -0.0120. The normalized spacial score (nSPS) is 39.0. The fourth-order valence-electron chi connectivity index (χ4n) is 2.16. The van der Waals surface area contributed by atoms with Crippen LogP contribution in [0, 0.1) is 11.8 Å². The maximum absolute atomic E-state index is 11.1. The molecule has 0 aromatic carbocycles. The molecule has 0 radical (unpaired) electrons. The minimum atomic E-state index is -2.19. The fourth-order valence-corrected chi connectivity index (χ4v) is 2.16. The molecule has 12 heavy (non-hydrogen) atoms. The number of ether oxygens (including phenoxy) is 1. The Balaban J connectivity index is 2.22. The van der Waals surface area contributed by atoms with Crippen molar-refractivity contribution in [3.63, 3.8) is 0 Å². The monoisotopic (exact) mass is 172 g/mol. The molecule has 4 nitrogen and oxygen atoms in total. The molecular weight excluding hydrogens is 160 g/mol. The Morgan fingerprint density at radius 3 is 2.67 bits per heavy atom. The van der Waals surface area contributed by atoms with Crippen LogP contribution < -0.4 is 0 Å². The molecular formula is C8H12O4. The average Bonchev–Trinajstić information content (AvgIpc) is 2.25. The van der Waals surface area contributed by atoms with Crippen LogP contribution in [0.4, 0.5) is 0 Å². The Morgan fingerprint density at radius 1 is 1.33 bits per heavy atom. The molecule has 2 rings (SSSR count). The van der Waals surface area contributed by atoms with Gasteiger partial charge in [-0.1, -0.05) is 12.8 Å². The summed E-state index contributed by atoms with van der Waals surface area (Å²) in [4.78, 5) is 11.1. The zero-order chi connectivity index (χ0) is 8.77. The summed E-state index contributed by atoms with van der Waals surface area (Å²) in [6.45, 7) is 0. The fraction of sp³-hybridized carbons (Fsp3) is 0.875. The molecule has 1 heterocycles. The largest absolute Gasteiger partial charge is 0.408 e. The molecule has 2 aliphatic rings. The molecule has 0 aromatic heterocycles. The SMILES string of the molecule is O=C1OC(O)(O)C2CCCCC12. The molecule has 1 aliphatic carbocycles. The second-order valence-corrected chi connectivity index (χ2v) is 3.58. The number of carbonyl (C=O) groups excluding carboxylic acids is 1. The highest BCUT2D eigenvalue weighted by Gasteiger charge is 2.54. The van der Waals surface area contributed by atoms with Crippen LogP contribution in [0.15, 0.2) is 0 Å². The topological polar surface area (TPSA) is 66.8 Å². The van der Waals surface area contributed by atoms with Crippen LogP contribution in [-0.4, -0.2) is 22.2 Å². The Kier molecular flexibility index (Phi) is 1.63. The molecule has 0 bridgehead atoms. The van der Waals surface area contributed by atoms with Gasteiger partial charge < -0.3 is 14.9 Å². The number of esters is 1. The van der Waals surface area contributed by atoms with Gasteiger partial charge in [0.1, 0.15) is 0 Å². The lowest BCUT2D eigenvalue weighted by Crippen LogP contribution is -2.37. The molecule has 1 saturated carbocycles. The molecule has 68 valence electrons. The van der Waals surface area contributed by atoms with Gasteiger partial charge in [-0.15, -0.1) is 0 Å². The standard InChI is InChI=1S/C8H12O4/c9-7-5-3-1-2-4-6(5)8(10,11)12-7/h5-6,10-11H,1-4H2. The number of fused-ring (bicyclic) bond motifs is 1. The highest BCUT2D eigenvalue weighted by molar-refractivity contribution is 5.75. The molecule has 0 spiro atoms. The summed E-state index contributed by atoms with van der Waals surface area (Å²) < 4.78 is 4.47. The van der Waals surface area contributed by atoms with Crippen LogP contribution in [0.3, 0.4) is 0 Å². The van der Waals surface area contributed by atoms with E-state index in [2.05, 4.69) is 4.74 Å². The molecule has 0 aromatic rings. The van der Waals surface area contributed by atoms with E-state index in [1.807, 2.05) is 0 Å². The molecule has 2 N–H and O–H groups in total. The van der Waals surface area contributed by atoms with Crippen molar-refractivity contribution in [2.75, 3.05) is 0 Å². The van der Waals surface area contributed by atoms with Crippen LogP contribution in [0.1, 0.15) is 25.7 Å². The van der Waals surface area contributed by atoms with E-state index in [0.717, 1.165) is 19.3 Å². The summed E-state index contributed by atoms with van der Waals surface area (Å²) in [6, 6.07) is 0. The van der Waals surface area contributed by atoms with Gasteiger partial charge >= 0.3 is 11.9 Å². The molecule has 2 unspecified atom stereocenters. The zero-order valence-electron chi connectivity index (χ0n) is 6.69. The average molecular weight is 172 g/mol. The first-order valence-corrected chi connectivity index (χ1v) is 4.29. The first-order valence-electron chi connectivity index (χ1n) is 4.29. The number of rotatable bonds is 0. The molecule has 0 amide bonds. The van der Waals surface area contributed by atoms with Crippen LogP contribution in [0.25, 0.3) is 0 Å². The Morgan fingerprint density at radius 2 is 2.00 bits per heavy atom. The van der Waals surface area contributed by atoms with E-state index in [-0.39, 0.29) is 5.92 Å². The second-order valence-electron chi connectivity index (χ2n) is 3.58. The van der Waals surface area contributed by atoms with E-state index in [0.29, 0.717) is 6.42 Å². The maximum atomic E-state index is 11.1. The van der Waals surface area contributed by atoms with Crippen molar-refractivity contribution in [2.24, 2.45) is 11.8 Å². The number of cyclic esters (lactones) is 1. The van der Waals surface area contributed by atoms with E-state index in [1.165, 1.54) is 0 Å². The summed E-state index contributed by atoms with van der Waals surface area (Å²) in [5, 5.41) is 18.5. The third-order valence-corrected chi connectivity index (χ3v) is 2.80. The Hall–Kier alpha value is -0.610. The van der Waals surface area contributed by atoms with Gasteiger partial charge in [0.2, 0.25) is 0 Å². The van der Waals surface area contributed by atoms with Gasteiger partial charge in [-0.25, -0.2) is 0 Å². The van der Waals surface area contributed by atoms with Crippen molar-refractivity contribution in [3.05, 3.63) is 0 Å². The van der Waals surface area contributed by atoms with Crippen LogP contribution in [-0.2, 0) is 9.53 Å². The first-order chi connectivity index (χ1) is 5.61. The third-order valence-electron chi connectivity index (χ3n) is 2.80. The smallest absolute Gasteiger partial charge is 0.328 e. The highest BCUT2D eigenvalue weighted by Crippen LogP contribution is 2.43. The minimum absolute atomic E-state index is 0.284. The van der Waals surface area contributed by atoms with Gasteiger partial charge in [-0.2, -0.15) is 0 Å². The maximum Gasteiger partial charge on any atom is 0.328 e. The molecule has 2 atom stereocenters. The Labute approximate surface area is 70.1 Å². The van der Waals surface area contributed by atoms with Gasteiger partial charge in [0.15, 0.2) is 0 Å². The molecule has 1 aliphatic heterocycles. The van der Waals surface area contributed by atoms with Crippen molar-refractivity contribution in [1.29, 1.82) is 0 Å². The summed E-state index contributed by atoms with van der Waals surface area (Å²) in [7, 11) is 0. The van der Waals surface area contributed by atoms with Crippen LogP contribution >= 0.6 is 0 Å². The van der Waals surface area contributed by atoms with Gasteiger partial charge in [-0.3, -0.25) is 4.79 Å². The molecule has 1 saturated heterocycles. The minimum Gasteiger partial charge on any atom is -0.408 e. The van der Waals surface area contributed by atoms with E-state index in [4.69, 9.17) is 0 Å². The number of hydrogen-bond donors (Lipinski definition) is 2. The lowest BCUT2D eigenvalue weighted by atomic mass is 9.80. The van der Waals surface area contributed by atoms with Crippen molar-refractivity contribution >= 4 is 5.97 Å².